The molecule has 1 rings (SSSR count). The molecule has 1 aromatic rings. The smallest absolute Gasteiger partial charge is 0.291 e. The molecule has 0 aromatic carbocycles. The largest absolute Gasteiger partial charge is 0.619 e. The van der Waals surface area contributed by atoms with Crippen LogP contribution in [0.3, 0.4) is 0 Å². The quantitative estimate of drug-likeness (QED) is 0.248. The Morgan fingerprint density at radius 3 is 1.82 bits per heavy atom. The fourth-order valence-electron chi connectivity index (χ4n) is 0.383. The Morgan fingerprint density at radius 1 is 1.27 bits per heavy atom. The van der Waals surface area contributed by atoms with Crippen LogP contribution in [-0.4, -0.2) is 10.3 Å². The second kappa shape index (κ2) is 4.98. The van der Waals surface area contributed by atoms with E-state index in [1.807, 2.05) is 0 Å². The minimum atomic E-state index is -1.50. The maximum absolute atomic E-state index is 10.2. The Morgan fingerprint density at radius 2 is 1.64 bits per heavy atom. The minimum Gasteiger partial charge on any atom is -0.619 e. The molecule has 60 valence electrons. The van der Waals surface area contributed by atoms with Crippen LogP contribution in [-0.2, 0) is 0 Å². The molecule has 0 atom stereocenters. The molecule has 0 spiro atoms. The summed E-state index contributed by atoms with van der Waals surface area (Å²) in [6.45, 7) is 0. The number of nitrogens with zero attached hydrogens (tertiary/aromatic N) is 2. The lowest BCUT2D eigenvalue weighted by molar-refractivity contribution is -0.742. The molecule has 0 bridgehead atoms. The second-order valence-electron chi connectivity index (χ2n) is 1.47. The van der Waals surface area contributed by atoms with Gasteiger partial charge in [0.2, 0.25) is 0 Å². The SMILES string of the molecule is O=[N+]([O-])O.[O-][n+]1ccccc1. The van der Waals surface area contributed by atoms with Gasteiger partial charge in [0.05, 0.1) is 0 Å². The first-order valence-electron chi connectivity index (χ1n) is 2.60. The van der Waals surface area contributed by atoms with Gasteiger partial charge in [0, 0.05) is 12.1 Å². The molecule has 0 aliphatic rings. The molecule has 0 saturated carbocycles. The van der Waals surface area contributed by atoms with Crippen molar-refractivity contribution in [2.75, 3.05) is 0 Å². The highest BCUT2D eigenvalue weighted by molar-refractivity contribution is 4.83. The maximum atomic E-state index is 10.2. The van der Waals surface area contributed by atoms with E-state index in [1.165, 1.54) is 12.4 Å². The predicted molar refractivity (Wildman–Crippen MR) is 34.2 cm³/mol. The zero-order valence-corrected chi connectivity index (χ0v) is 5.45. The maximum Gasteiger partial charge on any atom is 0.291 e. The third-order valence-electron chi connectivity index (χ3n) is 0.688. The molecule has 11 heavy (non-hydrogen) atoms. The lowest BCUT2D eigenvalue weighted by Gasteiger charge is -1.88. The van der Waals surface area contributed by atoms with Gasteiger partial charge in [-0.2, -0.15) is 4.73 Å². The Hall–Kier alpha value is -1.85. The first-order valence-corrected chi connectivity index (χ1v) is 2.60. The lowest BCUT2D eigenvalue weighted by Crippen LogP contribution is -2.22. The molecule has 0 radical (unpaired) electrons. The first kappa shape index (κ1) is 9.15. The molecule has 0 saturated heterocycles. The second-order valence-corrected chi connectivity index (χ2v) is 1.47. The van der Waals surface area contributed by atoms with Gasteiger partial charge < -0.3 is 10.4 Å². The van der Waals surface area contributed by atoms with Crippen LogP contribution < -0.4 is 4.73 Å². The van der Waals surface area contributed by atoms with Crippen LogP contribution in [0.25, 0.3) is 0 Å². The average Bonchev–Trinajstić information content (AvgIpc) is 1.87. The first-order chi connectivity index (χ1) is 5.13. The number of pyridine rings is 1. The molecule has 0 fully saturated rings. The molecule has 1 aromatic heterocycles. The molecule has 1 heterocycles. The van der Waals surface area contributed by atoms with E-state index in [4.69, 9.17) is 15.3 Å². The van der Waals surface area contributed by atoms with E-state index in [1.54, 1.807) is 18.2 Å². The molecule has 0 amide bonds. The fourth-order valence-corrected chi connectivity index (χ4v) is 0.383. The molecule has 1 N–H and O–H groups in total. The van der Waals surface area contributed by atoms with E-state index in [0.29, 0.717) is 0 Å². The van der Waals surface area contributed by atoms with Crippen LogP contribution in [0.2, 0.25) is 0 Å². The van der Waals surface area contributed by atoms with Gasteiger partial charge in [-0.25, -0.2) is 0 Å². The summed E-state index contributed by atoms with van der Waals surface area (Å²) in [4.78, 5) is 8.36. The van der Waals surface area contributed by atoms with Crippen LogP contribution in [0.4, 0.5) is 0 Å². The van der Waals surface area contributed by atoms with Gasteiger partial charge >= 0.3 is 0 Å². The highest BCUT2D eigenvalue weighted by Gasteiger charge is 1.75. The summed E-state index contributed by atoms with van der Waals surface area (Å²) >= 11 is 0. The van der Waals surface area contributed by atoms with Crippen molar-refractivity contribution in [3.8, 4) is 0 Å². The van der Waals surface area contributed by atoms with Crippen molar-refractivity contribution in [2.24, 2.45) is 0 Å². The molecule has 0 aliphatic carbocycles. The number of hydrogen-bond donors (Lipinski definition) is 1. The van der Waals surface area contributed by atoms with Crippen molar-refractivity contribution in [3.63, 3.8) is 0 Å². The zero-order chi connectivity index (χ0) is 8.69. The average molecular weight is 158 g/mol. The summed E-state index contributed by atoms with van der Waals surface area (Å²) in [5, 5.41) is 23.8. The van der Waals surface area contributed by atoms with Gasteiger partial charge in [0.1, 0.15) is 0 Å². The molecule has 6 nitrogen and oxygen atoms in total. The summed E-state index contributed by atoms with van der Waals surface area (Å²) < 4.78 is 0.750. The van der Waals surface area contributed by atoms with Crippen LogP contribution in [0.1, 0.15) is 0 Å². The van der Waals surface area contributed by atoms with Crippen molar-refractivity contribution in [3.05, 3.63) is 45.9 Å². The Balaban J connectivity index is 0.000000218. The van der Waals surface area contributed by atoms with E-state index in [2.05, 4.69) is 0 Å². The van der Waals surface area contributed by atoms with Gasteiger partial charge in [-0.3, -0.25) is 0 Å². The van der Waals surface area contributed by atoms with Crippen molar-refractivity contribution < 1.29 is 15.0 Å². The summed E-state index contributed by atoms with van der Waals surface area (Å²) in [6.07, 6.45) is 2.89. The van der Waals surface area contributed by atoms with Crippen molar-refractivity contribution in [2.45, 2.75) is 0 Å². The normalized spacial score (nSPS) is 7.64. The van der Waals surface area contributed by atoms with E-state index in [9.17, 15) is 5.21 Å². The van der Waals surface area contributed by atoms with Crippen LogP contribution in [0.5, 0.6) is 0 Å². The number of aromatic nitrogens is 1. The Bertz CT molecular complexity index is 209. The van der Waals surface area contributed by atoms with Gasteiger partial charge in [-0.1, -0.05) is 6.07 Å². The number of rotatable bonds is 0. The Labute approximate surface area is 62.0 Å². The molecule has 0 unspecified atom stereocenters. The monoisotopic (exact) mass is 158 g/mol. The van der Waals surface area contributed by atoms with Crippen LogP contribution >= 0.6 is 0 Å². The van der Waals surface area contributed by atoms with Gasteiger partial charge in [-0.15, -0.1) is 10.1 Å². The lowest BCUT2D eigenvalue weighted by atomic mass is 10.5. The summed E-state index contributed by atoms with van der Waals surface area (Å²) in [5.74, 6) is 0. The predicted octanol–water partition coefficient (Wildman–Crippen LogP) is -0.0277. The van der Waals surface area contributed by atoms with Crippen LogP contribution in [0.15, 0.2) is 30.6 Å². The third kappa shape index (κ3) is 8.15. The van der Waals surface area contributed by atoms with E-state index in [-0.39, 0.29) is 0 Å². The summed E-state index contributed by atoms with van der Waals surface area (Å²) in [5.41, 5.74) is 0. The highest BCUT2D eigenvalue weighted by atomic mass is 16.9. The zero-order valence-electron chi connectivity index (χ0n) is 5.45. The topological polar surface area (TPSA) is 90.3 Å². The molecule has 6 heteroatoms. The van der Waals surface area contributed by atoms with Crippen molar-refractivity contribution in [1.29, 1.82) is 0 Å². The Kier molecular flexibility index (Phi) is 4.14. The van der Waals surface area contributed by atoms with Gasteiger partial charge in [-0.05, 0) is 0 Å². The van der Waals surface area contributed by atoms with E-state index >= 15 is 0 Å². The van der Waals surface area contributed by atoms with Crippen LogP contribution in [0, 0.1) is 15.3 Å². The van der Waals surface area contributed by atoms with Gasteiger partial charge in [0.25, 0.3) is 5.09 Å². The van der Waals surface area contributed by atoms with Crippen molar-refractivity contribution >= 4 is 0 Å². The number of hydrogen-bond acceptors (Lipinski definition) is 3. The van der Waals surface area contributed by atoms with E-state index in [0.717, 1.165) is 4.73 Å². The van der Waals surface area contributed by atoms with E-state index < -0.39 is 5.09 Å². The molecular weight excluding hydrogens is 152 g/mol. The fraction of sp³-hybridized carbons (Fsp3) is 0. The third-order valence-corrected chi connectivity index (χ3v) is 0.688. The van der Waals surface area contributed by atoms with Gasteiger partial charge in [0.15, 0.2) is 12.4 Å². The summed E-state index contributed by atoms with van der Waals surface area (Å²) in [6, 6.07) is 5.18. The molecular formula is C5H6N2O4. The highest BCUT2D eigenvalue weighted by Crippen LogP contribution is 1.72. The standard InChI is InChI=1S/C5H5NO.HNO3/c7-6-4-2-1-3-5-6;2-1(3)4/h1-5H;(H,2,3,4). The molecule has 0 aliphatic heterocycles. The summed E-state index contributed by atoms with van der Waals surface area (Å²) in [7, 11) is 0. The minimum absolute atomic E-state index is 0.750. The van der Waals surface area contributed by atoms with Crippen molar-refractivity contribution in [1.82, 2.24) is 0 Å².